The third-order valence-corrected chi connectivity index (χ3v) is 4.04. The second kappa shape index (κ2) is 5.77. The van der Waals surface area contributed by atoms with Crippen LogP contribution in [0.15, 0.2) is 12.1 Å². The lowest BCUT2D eigenvalue weighted by Crippen LogP contribution is -2.29. The zero-order chi connectivity index (χ0) is 14.0. The van der Waals surface area contributed by atoms with Gasteiger partial charge in [0.25, 0.3) is 0 Å². The molecule has 0 bridgehead atoms. The van der Waals surface area contributed by atoms with Crippen molar-refractivity contribution in [2.75, 3.05) is 0 Å². The summed E-state index contributed by atoms with van der Waals surface area (Å²) in [5, 5.41) is 0. The van der Waals surface area contributed by atoms with E-state index in [0.29, 0.717) is 6.10 Å². The van der Waals surface area contributed by atoms with Gasteiger partial charge in [0.05, 0.1) is 6.10 Å². The molecule has 2 heteroatoms. The van der Waals surface area contributed by atoms with Crippen molar-refractivity contribution in [3.05, 3.63) is 28.8 Å². The van der Waals surface area contributed by atoms with E-state index in [1.54, 1.807) is 0 Å². The second-order valence-corrected chi connectivity index (χ2v) is 6.26. The normalized spacial score (nSPS) is 27.1. The van der Waals surface area contributed by atoms with Gasteiger partial charge in [0, 0.05) is 5.56 Å². The smallest absolute Gasteiger partial charge is 0.150 e. The Morgan fingerprint density at radius 2 is 1.58 bits per heavy atom. The molecule has 2 rings (SSSR count). The van der Waals surface area contributed by atoms with Crippen LogP contribution >= 0.6 is 0 Å². The molecule has 104 valence electrons. The fraction of sp³-hybridized carbons (Fsp3) is 0.588. The molecule has 1 aromatic rings. The van der Waals surface area contributed by atoms with Gasteiger partial charge in [-0.1, -0.05) is 13.8 Å². The summed E-state index contributed by atoms with van der Waals surface area (Å²) in [6.07, 6.45) is 4.80. The number of aryl methyl sites for hydroxylation is 2. The number of benzene rings is 1. The summed E-state index contributed by atoms with van der Waals surface area (Å²) in [6, 6.07) is 3.82. The minimum Gasteiger partial charge on any atom is -0.490 e. The molecule has 2 unspecified atom stereocenters. The highest BCUT2D eigenvalue weighted by molar-refractivity contribution is 5.76. The summed E-state index contributed by atoms with van der Waals surface area (Å²) < 4.78 is 6.24. The number of carbonyl (C=O) groups is 1. The number of aldehydes is 1. The van der Waals surface area contributed by atoms with Crippen LogP contribution in [0.5, 0.6) is 5.75 Å². The molecule has 0 aliphatic heterocycles. The van der Waals surface area contributed by atoms with Gasteiger partial charge < -0.3 is 4.74 Å². The van der Waals surface area contributed by atoms with Crippen LogP contribution in [0.2, 0.25) is 0 Å². The van der Waals surface area contributed by atoms with Crippen molar-refractivity contribution in [2.24, 2.45) is 11.8 Å². The maximum absolute atomic E-state index is 10.9. The Morgan fingerprint density at radius 1 is 1.05 bits per heavy atom. The Morgan fingerprint density at radius 3 is 2.05 bits per heavy atom. The van der Waals surface area contributed by atoms with Crippen LogP contribution in [-0.2, 0) is 0 Å². The Bertz CT molecular complexity index is 431. The minimum absolute atomic E-state index is 0.318. The van der Waals surface area contributed by atoms with Gasteiger partial charge in [-0.2, -0.15) is 0 Å². The maximum Gasteiger partial charge on any atom is 0.150 e. The number of rotatable bonds is 3. The van der Waals surface area contributed by atoms with Crippen molar-refractivity contribution < 1.29 is 9.53 Å². The quantitative estimate of drug-likeness (QED) is 0.757. The molecule has 0 amide bonds. The summed E-state index contributed by atoms with van der Waals surface area (Å²) in [4.78, 5) is 10.9. The van der Waals surface area contributed by atoms with Gasteiger partial charge in [-0.05, 0) is 68.2 Å². The topological polar surface area (TPSA) is 26.3 Å². The van der Waals surface area contributed by atoms with E-state index in [1.165, 1.54) is 6.42 Å². The van der Waals surface area contributed by atoms with E-state index in [4.69, 9.17) is 4.74 Å². The van der Waals surface area contributed by atoms with E-state index in [1.807, 2.05) is 26.0 Å². The molecule has 2 atom stereocenters. The maximum atomic E-state index is 10.9. The zero-order valence-corrected chi connectivity index (χ0v) is 12.4. The molecule has 1 aliphatic carbocycles. The molecule has 1 aromatic carbocycles. The molecule has 0 radical (unpaired) electrons. The molecule has 0 saturated heterocycles. The summed E-state index contributed by atoms with van der Waals surface area (Å²) >= 11 is 0. The van der Waals surface area contributed by atoms with E-state index in [0.717, 1.165) is 53.4 Å². The van der Waals surface area contributed by atoms with Gasteiger partial charge in [0.1, 0.15) is 12.0 Å². The van der Waals surface area contributed by atoms with E-state index >= 15 is 0 Å². The first-order valence-electron chi connectivity index (χ1n) is 7.22. The number of hydrogen-bond donors (Lipinski definition) is 0. The molecular formula is C17H24O2. The van der Waals surface area contributed by atoms with Crippen molar-refractivity contribution in [3.8, 4) is 5.75 Å². The Balaban J connectivity index is 2.16. The van der Waals surface area contributed by atoms with Gasteiger partial charge in [-0.25, -0.2) is 0 Å². The standard InChI is InChI=1S/C17H24O2/c1-11-5-12(2)7-16(6-11)19-17-13(3)8-15(10-18)9-14(17)4/h8-12,16H,5-7H2,1-4H3. The molecule has 0 spiro atoms. The van der Waals surface area contributed by atoms with Crippen molar-refractivity contribution in [3.63, 3.8) is 0 Å². The predicted molar refractivity (Wildman–Crippen MR) is 77.9 cm³/mol. The van der Waals surface area contributed by atoms with Crippen molar-refractivity contribution in [1.82, 2.24) is 0 Å². The van der Waals surface area contributed by atoms with Crippen molar-refractivity contribution >= 4 is 6.29 Å². The summed E-state index contributed by atoms with van der Waals surface area (Å²) in [5.74, 6) is 2.45. The van der Waals surface area contributed by atoms with Crippen LogP contribution in [0.3, 0.4) is 0 Å². The number of ether oxygens (including phenoxy) is 1. The third-order valence-electron chi connectivity index (χ3n) is 4.04. The second-order valence-electron chi connectivity index (χ2n) is 6.26. The molecule has 0 aromatic heterocycles. The first-order chi connectivity index (χ1) is 8.99. The van der Waals surface area contributed by atoms with Crippen LogP contribution in [0.4, 0.5) is 0 Å². The van der Waals surface area contributed by atoms with Crippen LogP contribution in [0.1, 0.15) is 54.6 Å². The monoisotopic (exact) mass is 260 g/mol. The van der Waals surface area contributed by atoms with E-state index < -0.39 is 0 Å². The molecule has 1 aliphatic rings. The average molecular weight is 260 g/mol. The lowest BCUT2D eigenvalue weighted by molar-refractivity contribution is 0.0996. The number of carbonyl (C=O) groups excluding carboxylic acids is 1. The van der Waals surface area contributed by atoms with Crippen molar-refractivity contribution in [2.45, 2.75) is 53.1 Å². The average Bonchev–Trinajstić information content (AvgIpc) is 2.32. The fourth-order valence-electron chi connectivity index (χ4n) is 3.37. The lowest BCUT2D eigenvalue weighted by atomic mass is 9.81. The fourth-order valence-corrected chi connectivity index (χ4v) is 3.37. The highest BCUT2D eigenvalue weighted by Gasteiger charge is 2.26. The molecular weight excluding hydrogens is 236 g/mol. The third kappa shape index (κ3) is 3.37. The summed E-state index contributed by atoms with van der Waals surface area (Å²) in [5.41, 5.74) is 2.86. The van der Waals surface area contributed by atoms with Gasteiger partial charge in [0.2, 0.25) is 0 Å². The van der Waals surface area contributed by atoms with Gasteiger partial charge in [0.15, 0.2) is 0 Å². The molecule has 2 nitrogen and oxygen atoms in total. The predicted octanol–water partition coefficient (Wildman–Crippen LogP) is 4.32. The van der Waals surface area contributed by atoms with Gasteiger partial charge >= 0.3 is 0 Å². The molecule has 1 fully saturated rings. The molecule has 0 heterocycles. The lowest BCUT2D eigenvalue weighted by Gasteiger charge is -2.32. The van der Waals surface area contributed by atoms with E-state index in [9.17, 15) is 4.79 Å². The van der Waals surface area contributed by atoms with E-state index in [2.05, 4.69) is 13.8 Å². The van der Waals surface area contributed by atoms with Crippen LogP contribution in [0, 0.1) is 25.7 Å². The van der Waals surface area contributed by atoms with Gasteiger partial charge in [-0.15, -0.1) is 0 Å². The molecule has 0 N–H and O–H groups in total. The Hall–Kier alpha value is -1.31. The van der Waals surface area contributed by atoms with Crippen LogP contribution in [-0.4, -0.2) is 12.4 Å². The summed E-state index contributed by atoms with van der Waals surface area (Å²) in [7, 11) is 0. The Kier molecular flexibility index (Phi) is 4.28. The minimum atomic E-state index is 0.318. The SMILES string of the molecule is Cc1cc(C=O)cc(C)c1OC1CC(C)CC(C)C1. The largest absolute Gasteiger partial charge is 0.490 e. The summed E-state index contributed by atoms with van der Waals surface area (Å²) in [6.45, 7) is 8.65. The van der Waals surface area contributed by atoms with Crippen LogP contribution in [0.25, 0.3) is 0 Å². The molecule has 1 saturated carbocycles. The first-order valence-corrected chi connectivity index (χ1v) is 7.22. The van der Waals surface area contributed by atoms with E-state index in [-0.39, 0.29) is 0 Å². The van der Waals surface area contributed by atoms with Crippen molar-refractivity contribution in [1.29, 1.82) is 0 Å². The number of hydrogen-bond acceptors (Lipinski definition) is 2. The Labute approximate surface area is 116 Å². The highest BCUT2D eigenvalue weighted by Crippen LogP contribution is 2.33. The molecule has 19 heavy (non-hydrogen) atoms. The first kappa shape index (κ1) is 14.1. The van der Waals surface area contributed by atoms with Crippen LogP contribution < -0.4 is 4.74 Å². The highest BCUT2D eigenvalue weighted by atomic mass is 16.5. The van der Waals surface area contributed by atoms with Gasteiger partial charge in [-0.3, -0.25) is 4.79 Å². The zero-order valence-electron chi connectivity index (χ0n) is 12.4.